The van der Waals surface area contributed by atoms with Crippen LogP contribution in [-0.2, 0) is 0 Å². The monoisotopic (exact) mass is 283 g/mol. The first-order valence-corrected chi connectivity index (χ1v) is 7.52. The lowest BCUT2D eigenvalue weighted by Crippen LogP contribution is -2.06. The van der Waals surface area contributed by atoms with Crippen LogP contribution in [0.2, 0.25) is 0 Å². The van der Waals surface area contributed by atoms with Crippen molar-refractivity contribution < 1.29 is 4.74 Å². The Hall–Kier alpha value is -2.00. The maximum Gasteiger partial charge on any atom is 0.119 e. The van der Waals surface area contributed by atoms with E-state index in [0.29, 0.717) is 0 Å². The Kier molecular flexibility index (Phi) is 3.61. The normalized spacial score (nSPS) is 12.3. The number of rotatable bonds is 4. The average Bonchev–Trinajstić information content (AvgIpc) is 2.95. The number of nitrogens with one attached hydrogen (secondary N) is 1. The van der Waals surface area contributed by atoms with Gasteiger partial charge in [0.1, 0.15) is 5.75 Å². The van der Waals surface area contributed by atoms with Gasteiger partial charge in [-0.25, -0.2) is 0 Å². The summed E-state index contributed by atoms with van der Waals surface area (Å²) in [6.45, 7) is 2.16. The quantitative estimate of drug-likeness (QED) is 0.720. The summed E-state index contributed by atoms with van der Waals surface area (Å²) < 4.78 is 6.60. The number of hydrogen-bond donors (Lipinski definition) is 1. The van der Waals surface area contributed by atoms with Crippen LogP contribution in [-0.4, -0.2) is 7.11 Å². The van der Waals surface area contributed by atoms with Gasteiger partial charge in [-0.15, -0.1) is 11.3 Å². The third-order valence-corrected chi connectivity index (χ3v) is 4.33. The molecule has 0 fully saturated rings. The van der Waals surface area contributed by atoms with E-state index in [2.05, 4.69) is 54.0 Å². The van der Waals surface area contributed by atoms with Crippen LogP contribution < -0.4 is 10.1 Å². The van der Waals surface area contributed by atoms with Gasteiger partial charge in [-0.1, -0.05) is 12.1 Å². The molecule has 3 heteroatoms. The molecule has 1 unspecified atom stereocenters. The molecule has 0 amide bonds. The molecule has 0 radical (unpaired) electrons. The van der Waals surface area contributed by atoms with E-state index in [-0.39, 0.29) is 6.04 Å². The highest BCUT2D eigenvalue weighted by Crippen LogP contribution is 2.27. The van der Waals surface area contributed by atoms with E-state index < -0.39 is 0 Å². The first-order chi connectivity index (χ1) is 9.76. The second kappa shape index (κ2) is 5.55. The summed E-state index contributed by atoms with van der Waals surface area (Å²) in [6, 6.07) is 17.1. The zero-order chi connectivity index (χ0) is 13.9. The number of fused-ring (bicyclic) bond motifs is 1. The van der Waals surface area contributed by atoms with E-state index in [1.807, 2.05) is 12.1 Å². The van der Waals surface area contributed by atoms with E-state index >= 15 is 0 Å². The maximum absolute atomic E-state index is 5.28. The Labute approximate surface area is 123 Å². The number of thiophene rings is 1. The lowest BCUT2D eigenvalue weighted by atomic mass is 10.1. The van der Waals surface area contributed by atoms with Crippen LogP contribution in [0.3, 0.4) is 0 Å². The molecule has 1 heterocycles. The van der Waals surface area contributed by atoms with E-state index in [1.165, 1.54) is 15.6 Å². The van der Waals surface area contributed by atoms with Gasteiger partial charge in [-0.3, -0.25) is 0 Å². The zero-order valence-corrected chi connectivity index (χ0v) is 12.4. The Morgan fingerprint density at radius 3 is 2.85 bits per heavy atom. The molecule has 0 bridgehead atoms. The number of anilines is 1. The van der Waals surface area contributed by atoms with Crippen molar-refractivity contribution in [2.75, 3.05) is 12.4 Å². The molecule has 20 heavy (non-hydrogen) atoms. The van der Waals surface area contributed by atoms with Gasteiger partial charge in [0.15, 0.2) is 0 Å². The fourth-order valence-electron chi connectivity index (χ4n) is 2.30. The third kappa shape index (κ3) is 2.63. The molecular weight excluding hydrogens is 266 g/mol. The predicted molar refractivity (Wildman–Crippen MR) is 86.9 cm³/mol. The Bertz CT molecular complexity index is 720. The first kappa shape index (κ1) is 13.0. The van der Waals surface area contributed by atoms with Gasteiger partial charge in [-0.05, 0) is 59.7 Å². The highest BCUT2D eigenvalue weighted by atomic mass is 32.1. The fraction of sp³-hybridized carbons (Fsp3) is 0.176. The minimum absolute atomic E-state index is 0.237. The van der Waals surface area contributed by atoms with Crippen molar-refractivity contribution in [3.05, 3.63) is 59.5 Å². The van der Waals surface area contributed by atoms with Crippen molar-refractivity contribution in [2.24, 2.45) is 0 Å². The third-order valence-electron chi connectivity index (χ3n) is 3.43. The number of hydrogen-bond acceptors (Lipinski definition) is 3. The van der Waals surface area contributed by atoms with Crippen LogP contribution in [0.15, 0.2) is 53.9 Å². The second-order valence-electron chi connectivity index (χ2n) is 4.82. The molecule has 0 aliphatic carbocycles. The summed E-state index contributed by atoms with van der Waals surface area (Å²) >= 11 is 1.77. The molecule has 1 aromatic heterocycles. The Morgan fingerprint density at radius 2 is 2.00 bits per heavy atom. The van der Waals surface area contributed by atoms with E-state index in [4.69, 9.17) is 4.74 Å². The minimum atomic E-state index is 0.237. The summed E-state index contributed by atoms with van der Waals surface area (Å²) in [5.41, 5.74) is 2.36. The first-order valence-electron chi connectivity index (χ1n) is 6.64. The number of ether oxygens (including phenoxy) is 1. The highest BCUT2D eigenvalue weighted by molar-refractivity contribution is 7.17. The molecule has 0 spiro atoms. The molecule has 3 rings (SSSR count). The van der Waals surface area contributed by atoms with Gasteiger partial charge >= 0.3 is 0 Å². The molecule has 0 saturated heterocycles. The van der Waals surface area contributed by atoms with Crippen LogP contribution >= 0.6 is 11.3 Å². The molecule has 2 nitrogen and oxygen atoms in total. The molecule has 0 saturated carbocycles. The molecular formula is C17H17NOS. The van der Waals surface area contributed by atoms with E-state index in [9.17, 15) is 0 Å². The molecule has 0 aliphatic heterocycles. The van der Waals surface area contributed by atoms with Gasteiger partial charge in [0, 0.05) is 16.4 Å². The van der Waals surface area contributed by atoms with Crippen molar-refractivity contribution in [1.82, 2.24) is 0 Å². The fourth-order valence-corrected chi connectivity index (χ4v) is 3.07. The summed E-state index contributed by atoms with van der Waals surface area (Å²) in [6.07, 6.45) is 0. The molecule has 3 aromatic rings. The Balaban J connectivity index is 1.81. The maximum atomic E-state index is 5.28. The van der Waals surface area contributed by atoms with Crippen molar-refractivity contribution in [1.29, 1.82) is 0 Å². The summed E-state index contributed by atoms with van der Waals surface area (Å²) in [5, 5.41) is 6.96. The largest absolute Gasteiger partial charge is 0.497 e. The van der Waals surface area contributed by atoms with Crippen molar-refractivity contribution in [3.8, 4) is 5.75 Å². The molecule has 2 aromatic carbocycles. The van der Waals surface area contributed by atoms with Crippen molar-refractivity contribution >= 4 is 27.1 Å². The van der Waals surface area contributed by atoms with Crippen molar-refractivity contribution in [2.45, 2.75) is 13.0 Å². The number of methoxy groups -OCH3 is 1. The summed E-state index contributed by atoms with van der Waals surface area (Å²) in [4.78, 5) is 0. The van der Waals surface area contributed by atoms with Gasteiger partial charge < -0.3 is 10.1 Å². The highest BCUT2D eigenvalue weighted by Gasteiger charge is 2.07. The smallest absolute Gasteiger partial charge is 0.119 e. The predicted octanol–water partition coefficient (Wildman–Crippen LogP) is 5.08. The summed E-state index contributed by atoms with van der Waals surface area (Å²) in [5.74, 6) is 0.893. The SMILES string of the molecule is COc1cccc(C(C)Nc2ccc3sccc3c2)c1. The van der Waals surface area contributed by atoms with E-state index in [1.54, 1.807) is 18.4 Å². The lowest BCUT2D eigenvalue weighted by Gasteiger charge is -2.16. The molecule has 1 atom stereocenters. The molecule has 0 aliphatic rings. The summed E-state index contributed by atoms with van der Waals surface area (Å²) in [7, 11) is 1.70. The molecule has 1 N–H and O–H groups in total. The topological polar surface area (TPSA) is 21.3 Å². The standard InChI is InChI=1S/C17H17NOS/c1-12(13-4-3-5-16(11-13)19-2)18-15-6-7-17-14(10-15)8-9-20-17/h3-12,18H,1-2H3. The minimum Gasteiger partial charge on any atom is -0.497 e. The van der Waals surface area contributed by atoms with Crippen LogP contribution in [0.5, 0.6) is 5.75 Å². The number of benzene rings is 2. The zero-order valence-electron chi connectivity index (χ0n) is 11.6. The van der Waals surface area contributed by atoms with Crippen LogP contribution in [0, 0.1) is 0 Å². The van der Waals surface area contributed by atoms with Gasteiger partial charge in [-0.2, -0.15) is 0 Å². The van der Waals surface area contributed by atoms with Crippen LogP contribution in [0.4, 0.5) is 5.69 Å². The van der Waals surface area contributed by atoms with Crippen LogP contribution in [0.1, 0.15) is 18.5 Å². The van der Waals surface area contributed by atoms with Gasteiger partial charge in [0.25, 0.3) is 0 Å². The lowest BCUT2D eigenvalue weighted by molar-refractivity contribution is 0.414. The van der Waals surface area contributed by atoms with Crippen molar-refractivity contribution in [3.63, 3.8) is 0 Å². The van der Waals surface area contributed by atoms with E-state index in [0.717, 1.165) is 11.4 Å². The second-order valence-corrected chi connectivity index (χ2v) is 5.76. The average molecular weight is 283 g/mol. The van der Waals surface area contributed by atoms with Crippen LogP contribution in [0.25, 0.3) is 10.1 Å². The Morgan fingerprint density at radius 1 is 1.10 bits per heavy atom. The van der Waals surface area contributed by atoms with Gasteiger partial charge in [0.2, 0.25) is 0 Å². The molecule has 102 valence electrons. The van der Waals surface area contributed by atoms with Gasteiger partial charge in [0.05, 0.1) is 7.11 Å².